The molecule has 0 aromatic carbocycles. The molecule has 112 valence electrons. The number of carboxylic acids is 1. The summed E-state index contributed by atoms with van der Waals surface area (Å²) in [5.74, 6) is -0.931. The van der Waals surface area contributed by atoms with E-state index in [1.807, 2.05) is 0 Å². The quantitative estimate of drug-likeness (QED) is 0.700. The van der Waals surface area contributed by atoms with Gasteiger partial charge in [-0.15, -0.1) is 0 Å². The number of hydrogen-bond acceptors (Lipinski definition) is 5. The van der Waals surface area contributed by atoms with Crippen LogP contribution >= 0.6 is 15.9 Å². The molecule has 7 nitrogen and oxygen atoms in total. The number of pyridine rings is 1. The molecule has 0 atom stereocenters. The predicted octanol–water partition coefficient (Wildman–Crippen LogP) is 1.28. The molecule has 0 bridgehead atoms. The number of aromatic carboxylic acids is 1. The van der Waals surface area contributed by atoms with Crippen LogP contribution in [0.4, 0.5) is 5.82 Å². The third-order valence-electron chi connectivity index (χ3n) is 2.24. The monoisotopic (exact) mass is 365 g/mol. The van der Waals surface area contributed by atoms with E-state index in [1.165, 1.54) is 12.3 Å². The molecule has 3 N–H and O–H groups in total. The van der Waals surface area contributed by atoms with Crippen molar-refractivity contribution in [2.75, 3.05) is 18.1 Å². The molecular weight excluding hydrogens is 350 g/mol. The highest BCUT2D eigenvalue weighted by Crippen LogP contribution is 2.18. The largest absolute Gasteiger partial charge is 0.478 e. The summed E-state index contributed by atoms with van der Waals surface area (Å²) in [5.41, 5.74) is -0.771. The fraction of sp³-hybridized carbons (Fsp3) is 0.455. The minimum absolute atomic E-state index is 0.00882. The van der Waals surface area contributed by atoms with Gasteiger partial charge >= 0.3 is 5.97 Å². The molecule has 0 spiro atoms. The van der Waals surface area contributed by atoms with Crippen LogP contribution in [0.2, 0.25) is 0 Å². The number of nitrogens with one attached hydrogen (secondary N) is 2. The molecule has 9 heteroatoms. The Kier molecular flexibility index (Phi) is 5.11. The van der Waals surface area contributed by atoms with Crippen LogP contribution in [0.15, 0.2) is 16.7 Å². The molecule has 0 saturated heterocycles. The number of carbonyl (C=O) groups is 1. The van der Waals surface area contributed by atoms with Gasteiger partial charge in [0.25, 0.3) is 0 Å². The summed E-state index contributed by atoms with van der Waals surface area (Å²) in [6, 6.07) is 1.43. The van der Waals surface area contributed by atoms with Crippen LogP contribution in [-0.2, 0) is 10.0 Å². The van der Waals surface area contributed by atoms with E-state index >= 15 is 0 Å². The highest BCUT2D eigenvalue weighted by molar-refractivity contribution is 9.10. The van der Waals surface area contributed by atoms with Crippen molar-refractivity contribution in [2.45, 2.75) is 19.4 Å². The molecule has 1 rings (SSSR count). The lowest BCUT2D eigenvalue weighted by molar-refractivity contribution is 0.0697. The van der Waals surface area contributed by atoms with E-state index in [4.69, 9.17) is 5.11 Å². The first-order chi connectivity index (χ1) is 9.00. The predicted molar refractivity (Wildman–Crippen MR) is 79.4 cm³/mol. The van der Waals surface area contributed by atoms with Crippen molar-refractivity contribution in [3.8, 4) is 0 Å². The zero-order valence-electron chi connectivity index (χ0n) is 11.3. The molecule has 20 heavy (non-hydrogen) atoms. The van der Waals surface area contributed by atoms with Crippen LogP contribution < -0.4 is 10.0 Å². The Morgan fingerprint density at radius 3 is 2.60 bits per heavy atom. The maximum atomic E-state index is 11.2. The van der Waals surface area contributed by atoms with Crippen molar-refractivity contribution in [1.82, 2.24) is 9.71 Å². The molecule has 0 fully saturated rings. The minimum Gasteiger partial charge on any atom is -0.478 e. The molecule has 0 aliphatic heterocycles. The summed E-state index contributed by atoms with van der Waals surface area (Å²) in [6.07, 6.45) is 2.53. The van der Waals surface area contributed by atoms with E-state index in [0.29, 0.717) is 4.47 Å². The van der Waals surface area contributed by atoms with Crippen LogP contribution in [0.1, 0.15) is 24.2 Å². The molecular formula is C11H16BrN3O4S. The summed E-state index contributed by atoms with van der Waals surface area (Å²) in [5, 5.41) is 11.9. The average molecular weight is 366 g/mol. The molecule has 0 aliphatic carbocycles. The average Bonchev–Trinajstić information content (AvgIpc) is 2.23. The fourth-order valence-corrected chi connectivity index (χ4v) is 2.99. The Morgan fingerprint density at radius 2 is 2.10 bits per heavy atom. The zero-order valence-corrected chi connectivity index (χ0v) is 13.7. The van der Waals surface area contributed by atoms with Crippen LogP contribution in [0.5, 0.6) is 0 Å². The Morgan fingerprint density at radius 1 is 1.50 bits per heavy atom. The molecule has 0 unspecified atom stereocenters. The molecule has 0 aliphatic rings. The number of anilines is 1. The number of sulfonamides is 1. The van der Waals surface area contributed by atoms with Gasteiger partial charge in [0.05, 0.1) is 6.26 Å². The van der Waals surface area contributed by atoms with Gasteiger partial charge in [0.2, 0.25) is 10.0 Å². The molecule has 0 saturated carbocycles. The normalized spacial score (nSPS) is 12.2. The molecule has 0 amide bonds. The highest BCUT2D eigenvalue weighted by atomic mass is 79.9. The van der Waals surface area contributed by atoms with Gasteiger partial charge < -0.3 is 10.4 Å². The second-order valence-corrected chi connectivity index (χ2v) is 7.63. The topological polar surface area (TPSA) is 108 Å². The Hall–Kier alpha value is -1.19. The van der Waals surface area contributed by atoms with Crippen LogP contribution in [0.25, 0.3) is 0 Å². The van der Waals surface area contributed by atoms with Gasteiger partial charge in [-0.05, 0) is 35.8 Å². The second-order valence-electron chi connectivity index (χ2n) is 4.97. The fourth-order valence-electron chi connectivity index (χ4n) is 1.59. The molecule has 1 aromatic rings. The van der Waals surface area contributed by atoms with E-state index in [1.54, 1.807) is 13.8 Å². The van der Waals surface area contributed by atoms with Crippen molar-refractivity contribution in [3.05, 3.63) is 22.3 Å². The third-order valence-corrected chi connectivity index (χ3v) is 3.60. The van der Waals surface area contributed by atoms with Crippen molar-refractivity contribution in [2.24, 2.45) is 0 Å². The first-order valence-corrected chi connectivity index (χ1v) is 8.30. The van der Waals surface area contributed by atoms with Gasteiger partial charge in [-0.1, -0.05) is 0 Å². The highest BCUT2D eigenvalue weighted by Gasteiger charge is 2.23. The summed E-state index contributed by atoms with van der Waals surface area (Å²) in [7, 11) is -3.35. The van der Waals surface area contributed by atoms with E-state index in [0.717, 1.165) is 6.26 Å². The lowest BCUT2D eigenvalue weighted by Gasteiger charge is -2.25. The van der Waals surface area contributed by atoms with Crippen molar-refractivity contribution in [1.29, 1.82) is 0 Å². The summed E-state index contributed by atoms with van der Waals surface area (Å²) >= 11 is 3.15. The van der Waals surface area contributed by atoms with Crippen molar-refractivity contribution >= 4 is 37.7 Å². The van der Waals surface area contributed by atoms with E-state index in [-0.39, 0.29) is 17.9 Å². The van der Waals surface area contributed by atoms with Gasteiger partial charge in [0.1, 0.15) is 11.4 Å². The first kappa shape index (κ1) is 16.9. The van der Waals surface area contributed by atoms with Gasteiger partial charge in [-0.25, -0.2) is 22.9 Å². The SMILES string of the molecule is CC(C)(CNc1ncc(Br)cc1C(=O)O)NS(C)(=O)=O. The van der Waals surface area contributed by atoms with Gasteiger partial charge in [-0.2, -0.15) is 0 Å². The maximum Gasteiger partial charge on any atom is 0.339 e. The van der Waals surface area contributed by atoms with E-state index in [2.05, 4.69) is 31.0 Å². The number of aromatic nitrogens is 1. The standard InChI is InChI=1S/C11H16BrN3O4S/c1-11(2,15-20(3,18)19)6-14-9-8(10(16)17)4-7(12)5-13-9/h4-5,15H,6H2,1-3H3,(H,13,14)(H,16,17). The number of carboxylic acid groups (broad SMARTS) is 1. The maximum absolute atomic E-state index is 11.2. The Bertz CT molecular complexity index is 616. The summed E-state index contributed by atoms with van der Waals surface area (Å²) in [4.78, 5) is 15.1. The summed E-state index contributed by atoms with van der Waals surface area (Å²) in [6.45, 7) is 3.55. The number of halogens is 1. The number of hydrogen-bond donors (Lipinski definition) is 3. The van der Waals surface area contributed by atoms with E-state index in [9.17, 15) is 13.2 Å². The molecule has 0 radical (unpaired) electrons. The third kappa shape index (κ3) is 5.43. The lowest BCUT2D eigenvalue weighted by Crippen LogP contribution is -2.48. The van der Waals surface area contributed by atoms with Crippen molar-refractivity contribution < 1.29 is 18.3 Å². The van der Waals surface area contributed by atoms with Crippen LogP contribution in [0, 0.1) is 0 Å². The first-order valence-electron chi connectivity index (χ1n) is 5.62. The molecule has 1 heterocycles. The number of nitrogens with zero attached hydrogens (tertiary/aromatic N) is 1. The summed E-state index contributed by atoms with van der Waals surface area (Å²) < 4.78 is 25.4. The van der Waals surface area contributed by atoms with E-state index < -0.39 is 21.5 Å². The minimum atomic E-state index is -3.35. The molecule has 1 aromatic heterocycles. The Labute approximate surface area is 126 Å². The Balaban J connectivity index is 2.87. The zero-order chi connectivity index (χ0) is 15.6. The smallest absolute Gasteiger partial charge is 0.339 e. The van der Waals surface area contributed by atoms with Gasteiger partial charge in [-0.3, -0.25) is 0 Å². The lowest BCUT2D eigenvalue weighted by atomic mass is 10.1. The van der Waals surface area contributed by atoms with Crippen LogP contribution in [0.3, 0.4) is 0 Å². The van der Waals surface area contributed by atoms with Gasteiger partial charge in [0, 0.05) is 22.8 Å². The second kappa shape index (κ2) is 6.06. The van der Waals surface area contributed by atoms with Crippen molar-refractivity contribution in [3.63, 3.8) is 0 Å². The van der Waals surface area contributed by atoms with Crippen LogP contribution in [-0.4, -0.2) is 42.8 Å². The van der Waals surface area contributed by atoms with Gasteiger partial charge in [0.15, 0.2) is 0 Å². The number of rotatable bonds is 6.